The third-order valence-electron chi connectivity index (χ3n) is 3.74. The van der Waals surface area contributed by atoms with Crippen molar-refractivity contribution in [3.63, 3.8) is 0 Å². The van der Waals surface area contributed by atoms with Crippen molar-refractivity contribution in [3.8, 4) is 0 Å². The van der Waals surface area contributed by atoms with Crippen LogP contribution in [-0.4, -0.2) is 45.8 Å². The number of hydrogen-bond donors (Lipinski definition) is 1. The molecule has 0 aliphatic rings. The average Bonchev–Trinajstić information content (AvgIpc) is 2.75. The number of hydrogen-bond acceptors (Lipinski definition) is 3. The van der Waals surface area contributed by atoms with Crippen LogP contribution in [0.2, 0.25) is 0 Å². The molecule has 5 nitrogen and oxygen atoms in total. The molecule has 0 spiro atoms. The summed E-state index contributed by atoms with van der Waals surface area (Å²) in [7, 11) is 0. The van der Waals surface area contributed by atoms with E-state index >= 15 is 0 Å². The second kappa shape index (κ2) is 7.27. The van der Waals surface area contributed by atoms with Gasteiger partial charge in [0.25, 0.3) is 5.91 Å². The molecular formula is C17H32N4O. The van der Waals surface area contributed by atoms with Crippen molar-refractivity contribution in [1.82, 2.24) is 20.0 Å². The summed E-state index contributed by atoms with van der Waals surface area (Å²) in [5.41, 5.74) is 1.38. The van der Waals surface area contributed by atoms with E-state index in [0.717, 1.165) is 12.2 Å². The summed E-state index contributed by atoms with van der Waals surface area (Å²) in [5.74, 6) is -0.0986. The number of rotatable bonds is 6. The molecule has 1 heterocycles. The van der Waals surface area contributed by atoms with Crippen LogP contribution in [0.15, 0.2) is 6.07 Å². The Morgan fingerprint density at radius 1 is 1.27 bits per heavy atom. The van der Waals surface area contributed by atoms with Gasteiger partial charge in [0.2, 0.25) is 0 Å². The Morgan fingerprint density at radius 2 is 1.82 bits per heavy atom. The maximum absolute atomic E-state index is 12.3. The lowest BCUT2D eigenvalue weighted by Crippen LogP contribution is -2.42. The molecule has 5 heteroatoms. The third-order valence-corrected chi connectivity index (χ3v) is 3.74. The van der Waals surface area contributed by atoms with Crippen molar-refractivity contribution >= 4 is 5.91 Å². The Hall–Kier alpha value is -1.36. The molecule has 1 N–H and O–H groups in total. The van der Waals surface area contributed by atoms with Crippen LogP contribution in [0.3, 0.4) is 0 Å². The number of carbonyl (C=O) groups excluding carboxylic acids is 1. The molecule has 126 valence electrons. The van der Waals surface area contributed by atoms with Crippen molar-refractivity contribution in [2.75, 3.05) is 13.1 Å². The molecule has 0 saturated heterocycles. The first-order valence-electron chi connectivity index (χ1n) is 8.15. The van der Waals surface area contributed by atoms with Crippen LogP contribution in [0.25, 0.3) is 0 Å². The number of aromatic nitrogens is 2. The number of aryl methyl sites for hydroxylation is 1. The Bertz CT molecular complexity index is 489. The second-order valence-electron chi connectivity index (χ2n) is 7.43. The Morgan fingerprint density at radius 3 is 2.23 bits per heavy atom. The zero-order chi connectivity index (χ0) is 17.1. The van der Waals surface area contributed by atoms with Gasteiger partial charge in [0.1, 0.15) is 5.69 Å². The highest BCUT2D eigenvalue weighted by molar-refractivity contribution is 5.92. The summed E-state index contributed by atoms with van der Waals surface area (Å²) >= 11 is 0. The Kier molecular flexibility index (Phi) is 6.17. The van der Waals surface area contributed by atoms with Crippen LogP contribution in [0.4, 0.5) is 0 Å². The Labute approximate surface area is 135 Å². The van der Waals surface area contributed by atoms with Crippen LogP contribution in [0.1, 0.15) is 64.6 Å². The molecule has 0 unspecified atom stereocenters. The monoisotopic (exact) mass is 308 g/mol. The van der Waals surface area contributed by atoms with Gasteiger partial charge in [-0.05, 0) is 61.5 Å². The lowest BCUT2D eigenvalue weighted by Gasteiger charge is -2.30. The van der Waals surface area contributed by atoms with E-state index in [0.29, 0.717) is 24.3 Å². The molecular weight excluding hydrogens is 276 g/mol. The topological polar surface area (TPSA) is 50.2 Å². The molecule has 0 aliphatic heterocycles. The number of nitrogens with zero attached hydrogens (tertiary/aromatic N) is 3. The zero-order valence-corrected chi connectivity index (χ0v) is 15.4. The largest absolute Gasteiger partial charge is 0.349 e. The molecule has 0 saturated carbocycles. The van der Waals surface area contributed by atoms with E-state index in [1.54, 1.807) is 0 Å². The van der Waals surface area contributed by atoms with Gasteiger partial charge >= 0.3 is 0 Å². The third kappa shape index (κ3) is 4.83. The second-order valence-corrected chi connectivity index (χ2v) is 7.43. The summed E-state index contributed by atoms with van der Waals surface area (Å²) in [4.78, 5) is 14.6. The number of carbonyl (C=O) groups is 1. The minimum Gasteiger partial charge on any atom is -0.349 e. The SMILES string of the molecule is Cc1cc(C(=O)NCCN(C(C)C)C(C)C)nn1C(C)(C)C. The standard InChI is InChI=1S/C17H32N4O/c1-12(2)20(13(3)4)10-9-18-16(22)15-11-14(5)21(19-15)17(6,7)8/h11-13H,9-10H2,1-8H3,(H,18,22). The maximum Gasteiger partial charge on any atom is 0.271 e. The quantitative estimate of drug-likeness (QED) is 0.879. The Balaban J connectivity index is 2.63. The highest BCUT2D eigenvalue weighted by Gasteiger charge is 2.20. The van der Waals surface area contributed by atoms with E-state index in [9.17, 15) is 4.79 Å². The van der Waals surface area contributed by atoms with Gasteiger partial charge in [0.05, 0.1) is 5.54 Å². The zero-order valence-electron chi connectivity index (χ0n) is 15.4. The van der Waals surface area contributed by atoms with Crippen LogP contribution in [0, 0.1) is 6.92 Å². The fourth-order valence-corrected chi connectivity index (χ4v) is 2.77. The van der Waals surface area contributed by atoms with E-state index in [4.69, 9.17) is 0 Å². The van der Waals surface area contributed by atoms with E-state index in [2.05, 4.69) is 63.8 Å². The van der Waals surface area contributed by atoms with Crippen LogP contribution >= 0.6 is 0 Å². The van der Waals surface area contributed by atoms with Crippen LogP contribution in [0.5, 0.6) is 0 Å². The first kappa shape index (κ1) is 18.7. The minimum atomic E-state index is -0.116. The summed E-state index contributed by atoms with van der Waals surface area (Å²) in [5, 5.41) is 7.41. The van der Waals surface area contributed by atoms with Crippen molar-refractivity contribution in [3.05, 3.63) is 17.5 Å². The molecule has 22 heavy (non-hydrogen) atoms. The lowest BCUT2D eigenvalue weighted by molar-refractivity contribution is 0.0933. The van der Waals surface area contributed by atoms with Gasteiger partial charge in [-0.2, -0.15) is 5.10 Å². The molecule has 1 aromatic heterocycles. The van der Waals surface area contributed by atoms with E-state index in [-0.39, 0.29) is 11.4 Å². The fraction of sp³-hybridized carbons (Fsp3) is 0.765. The van der Waals surface area contributed by atoms with Crippen LogP contribution in [-0.2, 0) is 5.54 Å². The predicted octanol–water partition coefficient (Wildman–Crippen LogP) is 2.80. The summed E-state index contributed by atoms with van der Waals surface area (Å²) < 4.78 is 1.90. The molecule has 0 aliphatic carbocycles. The van der Waals surface area contributed by atoms with E-state index < -0.39 is 0 Å². The van der Waals surface area contributed by atoms with E-state index in [1.165, 1.54) is 0 Å². The molecule has 0 atom stereocenters. The molecule has 1 rings (SSSR count). The van der Waals surface area contributed by atoms with Crippen LogP contribution < -0.4 is 5.32 Å². The molecule has 1 aromatic rings. The normalized spacial score (nSPS) is 12.5. The smallest absolute Gasteiger partial charge is 0.271 e. The van der Waals surface area contributed by atoms with Gasteiger partial charge in [0, 0.05) is 30.9 Å². The molecule has 1 amide bonds. The first-order valence-corrected chi connectivity index (χ1v) is 8.15. The van der Waals surface area contributed by atoms with Gasteiger partial charge in [-0.3, -0.25) is 14.4 Å². The van der Waals surface area contributed by atoms with Crippen molar-refractivity contribution in [2.24, 2.45) is 0 Å². The first-order chi connectivity index (χ1) is 10.0. The van der Waals surface area contributed by atoms with E-state index in [1.807, 2.05) is 17.7 Å². The average molecular weight is 308 g/mol. The summed E-state index contributed by atoms with van der Waals surface area (Å²) in [6.07, 6.45) is 0. The van der Waals surface area contributed by atoms with Gasteiger partial charge in [-0.1, -0.05) is 0 Å². The fourth-order valence-electron chi connectivity index (χ4n) is 2.77. The molecule has 0 radical (unpaired) electrons. The molecule has 0 aromatic carbocycles. The lowest BCUT2D eigenvalue weighted by atomic mass is 10.1. The van der Waals surface area contributed by atoms with Gasteiger partial charge in [-0.15, -0.1) is 0 Å². The van der Waals surface area contributed by atoms with Crippen molar-refractivity contribution in [1.29, 1.82) is 0 Å². The maximum atomic E-state index is 12.3. The summed E-state index contributed by atoms with van der Waals surface area (Å²) in [6.45, 7) is 18.4. The molecule has 0 bridgehead atoms. The predicted molar refractivity (Wildman–Crippen MR) is 91.3 cm³/mol. The van der Waals surface area contributed by atoms with Gasteiger partial charge in [0.15, 0.2) is 0 Å². The van der Waals surface area contributed by atoms with Crippen molar-refractivity contribution in [2.45, 2.75) is 73.0 Å². The highest BCUT2D eigenvalue weighted by atomic mass is 16.1. The molecule has 0 fully saturated rings. The van der Waals surface area contributed by atoms with Gasteiger partial charge < -0.3 is 5.32 Å². The number of nitrogens with one attached hydrogen (secondary N) is 1. The highest BCUT2D eigenvalue weighted by Crippen LogP contribution is 2.16. The van der Waals surface area contributed by atoms with Crippen molar-refractivity contribution < 1.29 is 4.79 Å². The van der Waals surface area contributed by atoms with Gasteiger partial charge in [-0.25, -0.2) is 0 Å². The minimum absolute atomic E-state index is 0.0986. The number of amides is 1. The summed E-state index contributed by atoms with van der Waals surface area (Å²) in [6, 6.07) is 2.79.